The zero-order chi connectivity index (χ0) is 64.9. The monoisotopic (exact) mass is 1270 g/mol. The maximum atomic E-state index is 15.0. The Hall–Kier alpha value is -10.2. The molecule has 2 aliphatic heterocycles. The lowest BCUT2D eigenvalue weighted by molar-refractivity contribution is 0.0696. The number of aromatic nitrogens is 6. The van der Waals surface area contributed by atoms with Crippen LogP contribution in [-0.2, 0) is 13.1 Å². The number of para-hydroxylation sites is 2. The minimum atomic E-state index is -1.11. The molecule has 0 saturated carbocycles. The summed E-state index contributed by atoms with van der Waals surface area (Å²) in [7, 11) is 7.64. The molecule has 6 aromatic carbocycles. The number of urea groups is 2. The largest absolute Gasteiger partial charge is 0.478 e. The van der Waals surface area contributed by atoms with Crippen LogP contribution in [0.5, 0.6) is 0 Å². The number of nitrogens with zero attached hydrogens (tertiary/aromatic N) is 10. The van der Waals surface area contributed by atoms with Crippen molar-refractivity contribution in [2.24, 2.45) is 0 Å². The van der Waals surface area contributed by atoms with Crippen molar-refractivity contribution in [1.29, 1.82) is 0 Å². The van der Waals surface area contributed by atoms with E-state index in [2.05, 4.69) is 51.5 Å². The van der Waals surface area contributed by atoms with Crippen LogP contribution in [0.25, 0.3) is 42.9 Å². The Morgan fingerprint density at radius 3 is 1.48 bits per heavy atom. The molecule has 0 spiro atoms. The number of carboxylic acids is 1. The number of nitrogens with one attached hydrogen (secondary N) is 5. The van der Waals surface area contributed by atoms with Gasteiger partial charge in [0.2, 0.25) is 11.9 Å². The summed E-state index contributed by atoms with van der Waals surface area (Å²) in [5.74, 6) is -4.78. The summed E-state index contributed by atoms with van der Waals surface area (Å²) in [4.78, 5) is 83.9. The quantitative estimate of drug-likeness (QED) is 0.0372. The average molecular weight is 1280 g/mol. The topological polar surface area (TPSA) is 265 Å². The van der Waals surface area contributed by atoms with Gasteiger partial charge in [-0.05, 0) is 152 Å². The van der Waals surface area contributed by atoms with Crippen LogP contribution < -0.4 is 42.1 Å². The number of fused-ring (bicyclic) bond motifs is 4. The van der Waals surface area contributed by atoms with Gasteiger partial charge >= 0.3 is 18.0 Å². The van der Waals surface area contributed by atoms with Crippen molar-refractivity contribution in [2.45, 2.75) is 40.8 Å². The highest BCUT2D eigenvalue weighted by atomic mass is 32.1. The Morgan fingerprint density at radius 1 is 0.582 bits per heavy atom. The molecule has 8 N–H and O–H groups in total. The molecule has 0 bridgehead atoms. The van der Waals surface area contributed by atoms with Crippen molar-refractivity contribution in [2.75, 3.05) is 85.9 Å². The van der Waals surface area contributed by atoms with Crippen LogP contribution in [0.1, 0.15) is 53.0 Å². The number of hydrogen-bond acceptors (Lipinski definition) is 17. The lowest BCUT2D eigenvalue weighted by atomic mass is 9.97. The summed E-state index contributed by atoms with van der Waals surface area (Å²) in [5, 5.41) is 26.0. The molecule has 5 amide bonds. The zero-order valence-corrected chi connectivity index (χ0v) is 52.2. The summed E-state index contributed by atoms with van der Waals surface area (Å²) >= 11 is 3.28. The number of anilines is 8. The van der Waals surface area contributed by atoms with E-state index < -0.39 is 52.7 Å². The molecule has 4 aromatic heterocycles. The molecule has 0 atom stereocenters. The predicted octanol–water partition coefficient (Wildman–Crippen LogP) is 12.2. The second-order valence-electron chi connectivity index (χ2n) is 21.7. The van der Waals surface area contributed by atoms with Gasteiger partial charge in [-0.3, -0.25) is 4.79 Å². The number of hydrogen-bond donors (Lipinski definition) is 7. The van der Waals surface area contributed by atoms with Gasteiger partial charge < -0.3 is 47.2 Å². The smallest absolute Gasteiger partial charge is 0.335 e. The SMILES string of the molecule is Cc1ccc(C(=O)O)cc1-c1nc(NCCN(C)C)nc2c1CNC(=O)N2c1c(F)cccc1F.Cc1nc2cc(N)ccc2s1.Cc1nc2cc(NC(=O)c3ccc(C)c(-c4nc(NCCN(C)C)nc5c4CNC(=O)N5c4c(F)cccc4F)c3)ccc2s1. The summed E-state index contributed by atoms with van der Waals surface area (Å²) in [6.45, 7) is 9.84. The predicted molar refractivity (Wildman–Crippen MR) is 348 cm³/mol. The van der Waals surface area contributed by atoms with E-state index in [1.165, 1.54) is 29.0 Å². The maximum Gasteiger partial charge on any atom is 0.335 e. The summed E-state index contributed by atoms with van der Waals surface area (Å²) in [6.07, 6.45) is 0. The second kappa shape index (κ2) is 27.3. The van der Waals surface area contributed by atoms with Crippen molar-refractivity contribution in [3.05, 3.63) is 176 Å². The summed E-state index contributed by atoms with van der Waals surface area (Å²) < 4.78 is 61.7. The van der Waals surface area contributed by atoms with Crippen LogP contribution in [0.3, 0.4) is 0 Å². The van der Waals surface area contributed by atoms with E-state index in [9.17, 15) is 33.1 Å². The third-order valence-electron chi connectivity index (χ3n) is 14.4. The first-order chi connectivity index (χ1) is 43.5. The molecule has 0 saturated heterocycles. The highest BCUT2D eigenvalue weighted by Crippen LogP contribution is 2.42. The van der Waals surface area contributed by atoms with Crippen molar-refractivity contribution >= 4 is 113 Å². The number of carbonyl (C=O) groups excluding carboxylic acids is 3. The molecular formula is C64H62F4N16O5S2. The summed E-state index contributed by atoms with van der Waals surface area (Å²) in [6, 6.07) is 26.5. The summed E-state index contributed by atoms with van der Waals surface area (Å²) in [5.41, 5.74) is 12.4. The standard InChI is InChI=1S/C32H30F2N8O2S.C24H24F2N6O3.C8H8N2S/c1-17-8-9-19(30(43)38-20-10-11-26-25(15-20)37-18(2)45-26)14-21(17)27-22-16-36-32(44)42(28-23(33)6-5-7-24(28)34)29(22)40-31(39-27)35-12-13-41(3)4;1-13-7-8-14(22(33)34)11-15(13)19-16-12-28-24(35)32(20-17(25)5-4-6-18(20)26)21(16)30-23(29-19)27-9-10-31(2)3;1-5-10-7-4-6(9)2-3-8(7)11-5/h5-11,14-15H,12-13,16H2,1-4H3,(H,36,44)(H,38,43)(H,35,39,40);4-8,11H,9-10,12H2,1-3H3,(H,28,35)(H,33,34)(H,27,29,30);2-4H,9H2,1H3. The number of halogens is 4. The number of nitrogens with two attached hydrogens (primary N) is 1. The molecule has 0 unspecified atom stereocenters. The first kappa shape index (κ1) is 63.8. The Balaban J connectivity index is 0.000000174. The minimum Gasteiger partial charge on any atom is -0.478 e. The molecule has 21 nitrogen and oxygen atoms in total. The number of benzene rings is 6. The Morgan fingerprint density at radius 2 is 1.02 bits per heavy atom. The average Bonchev–Trinajstić information content (AvgIpc) is 1.37. The van der Waals surface area contributed by atoms with E-state index in [1.807, 2.05) is 95.2 Å². The maximum absolute atomic E-state index is 15.0. The number of aromatic carboxylic acids is 1. The number of rotatable bonds is 15. The zero-order valence-electron chi connectivity index (χ0n) is 50.6. The number of likely N-dealkylation sites (N-methyl/N-ethyl adjacent to an activating group) is 2. The van der Waals surface area contributed by atoms with Gasteiger partial charge in [-0.25, -0.2) is 61.7 Å². The highest BCUT2D eigenvalue weighted by Gasteiger charge is 2.36. The molecule has 91 heavy (non-hydrogen) atoms. The van der Waals surface area contributed by atoms with Crippen molar-refractivity contribution in [3.8, 4) is 22.5 Å². The van der Waals surface area contributed by atoms with Crippen LogP contribution >= 0.6 is 22.7 Å². The molecule has 0 fully saturated rings. The van der Waals surface area contributed by atoms with Crippen LogP contribution in [0.4, 0.5) is 73.4 Å². The Kier molecular flexibility index (Phi) is 19.1. The first-order valence-electron chi connectivity index (χ1n) is 28.4. The molecule has 2 aliphatic rings. The van der Waals surface area contributed by atoms with E-state index in [1.54, 1.807) is 53.9 Å². The van der Waals surface area contributed by atoms with E-state index >= 15 is 8.78 Å². The van der Waals surface area contributed by atoms with Gasteiger partial charge in [-0.15, -0.1) is 22.7 Å². The van der Waals surface area contributed by atoms with Crippen LogP contribution in [0.15, 0.2) is 109 Å². The molecule has 0 aliphatic carbocycles. The van der Waals surface area contributed by atoms with Gasteiger partial charge in [-0.1, -0.05) is 24.3 Å². The van der Waals surface area contributed by atoms with E-state index in [4.69, 9.17) is 10.7 Å². The number of aryl methyl sites for hydroxylation is 4. The lowest BCUT2D eigenvalue weighted by Gasteiger charge is -2.31. The van der Waals surface area contributed by atoms with E-state index in [-0.39, 0.29) is 48.1 Å². The van der Waals surface area contributed by atoms with Gasteiger partial charge in [0, 0.05) is 65.4 Å². The Labute approximate surface area is 528 Å². The first-order valence-corrected chi connectivity index (χ1v) is 30.0. The van der Waals surface area contributed by atoms with Crippen LogP contribution in [-0.4, -0.2) is 123 Å². The molecule has 0 radical (unpaired) electrons. The number of nitrogen functional groups attached to an aromatic ring is 1. The molecule has 12 rings (SSSR count). The molecule has 10 aromatic rings. The number of carboxylic acid groups (broad SMARTS) is 1. The van der Waals surface area contributed by atoms with Gasteiger partial charge in [0.05, 0.1) is 60.5 Å². The normalized spacial score (nSPS) is 12.6. The van der Waals surface area contributed by atoms with Crippen molar-refractivity contribution in [3.63, 3.8) is 0 Å². The fourth-order valence-corrected chi connectivity index (χ4v) is 11.6. The van der Waals surface area contributed by atoms with Gasteiger partial charge in [0.25, 0.3) is 5.91 Å². The number of carbonyl (C=O) groups is 4. The lowest BCUT2D eigenvalue weighted by Crippen LogP contribution is -2.43. The van der Waals surface area contributed by atoms with Gasteiger partial charge in [0.1, 0.15) is 34.6 Å². The Bertz CT molecular complexity index is 4430. The van der Waals surface area contributed by atoms with E-state index in [0.717, 1.165) is 76.6 Å². The van der Waals surface area contributed by atoms with Crippen LogP contribution in [0, 0.1) is 51.0 Å². The van der Waals surface area contributed by atoms with E-state index in [0.29, 0.717) is 71.1 Å². The molecule has 6 heterocycles. The second-order valence-corrected chi connectivity index (χ2v) is 24.1. The molecule has 27 heteroatoms. The number of amides is 5. The van der Waals surface area contributed by atoms with Gasteiger partial charge in [0.15, 0.2) is 11.6 Å². The third-order valence-corrected chi connectivity index (χ3v) is 16.3. The minimum absolute atomic E-state index is 0.00914. The van der Waals surface area contributed by atoms with Crippen molar-refractivity contribution in [1.82, 2.24) is 50.3 Å². The number of thiazole rings is 2. The molecular weight excluding hydrogens is 1210 g/mol. The fraction of sp³-hybridized carbons (Fsp3) is 0.219. The fourth-order valence-electron chi connectivity index (χ4n) is 9.94. The van der Waals surface area contributed by atoms with Crippen molar-refractivity contribution < 1.29 is 41.8 Å². The van der Waals surface area contributed by atoms with Crippen LogP contribution in [0.2, 0.25) is 0 Å². The third kappa shape index (κ3) is 14.3. The molecule has 468 valence electrons. The highest BCUT2D eigenvalue weighted by molar-refractivity contribution is 7.18. The van der Waals surface area contributed by atoms with Gasteiger partial charge in [-0.2, -0.15) is 9.97 Å².